The number of amides is 1. The largest absolute Gasteiger partial charge is 0.355 e. The molecule has 1 aliphatic rings. The van der Waals surface area contributed by atoms with E-state index in [0.717, 1.165) is 0 Å². The van der Waals surface area contributed by atoms with E-state index < -0.39 is 11.8 Å². The van der Waals surface area contributed by atoms with Crippen LogP contribution < -0.4 is 10.2 Å². The second kappa shape index (κ2) is 6.28. The van der Waals surface area contributed by atoms with Gasteiger partial charge >= 0.3 is 0 Å². The molecule has 4 rings (SSSR count). The van der Waals surface area contributed by atoms with Crippen LogP contribution in [0.5, 0.6) is 0 Å². The van der Waals surface area contributed by atoms with Gasteiger partial charge in [0, 0.05) is 32.1 Å². The van der Waals surface area contributed by atoms with Crippen molar-refractivity contribution in [1.29, 1.82) is 0 Å². The van der Waals surface area contributed by atoms with Crippen LogP contribution in [-0.4, -0.2) is 49.7 Å². The molecule has 4 heterocycles. The first-order valence-electron chi connectivity index (χ1n) is 8.08. The van der Waals surface area contributed by atoms with Crippen molar-refractivity contribution in [1.82, 2.24) is 24.8 Å². The SMILES string of the molecule is O=C(Nc1cccnn1)c1cnc2ccc(N3CCC(F)(F)CC3)nn12. The molecule has 1 fully saturated rings. The molecule has 0 spiro atoms. The lowest BCUT2D eigenvalue weighted by atomic mass is 10.1. The number of imidazole rings is 1. The van der Waals surface area contributed by atoms with Crippen molar-refractivity contribution in [3.05, 3.63) is 42.4 Å². The van der Waals surface area contributed by atoms with Crippen LogP contribution in [-0.2, 0) is 0 Å². The number of hydrogen-bond acceptors (Lipinski definition) is 6. The predicted molar refractivity (Wildman–Crippen MR) is 89.4 cm³/mol. The van der Waals surface area contributed by atoms with Crippen molar-refractivity contribution in [2.75, 3.05) is 23.3 Å². The topological polar surface area (TPSA) is 88.3 Å². The zero-order valence-electron chi connectivity index (χ0n) is 13.6. The monoisotopic (exact) mass is 359 g/mol. The number of nitrogens with one attached hydrogen (secondary N) is 1. The fourth-order valence-electron chi connectivity index (χ4n) is 2.80. The van der Waals surface area contributed by atoms with Crippen molar-refractivity contribution < 1.29 is 13.6 Å². The first-order chi connectivity index (χ1) is 12.5. The minimum absolute atomic E-state index is 0.210. The van der Waals surface area contributed by atoms with E-state index in [0.29, 0.717) is 17.3 Å². The number of piperidine rings is 1. The number of carbonyl (C=O) groups excluding carboxylic acids is 1. The van der Waals surface area contributed by atoms with Gasteiger partial charge in [-0.2, -0.15) is 5.10 Å². The number of alkyl halides is 2. The number of anilines is 2. The van der Waals surface area contributed by atoms with E-state index in [9.17, 15) is 13.6 Å². The van der Waals surface area contributed by atoms with Crippen molar-refractivity contribution >= 4 is 23.2 Å². The molecule has 0 aromatic carbocycles. The maximum Gasteiger partial charge on any atom is 0.277 e. The van der Waals surface area contributed by atoms with Crippen LogP contribution in [0.2, 0.25) is 0 Å². The van der Waals surface area contributed by atoms with Gasteiger partial charge in [-0.3, -0.25) is 4.79 Å². The highest BCUT2D eigenvalue weighted by atomic mass is 19.3. The highest BCUT2D eigenvalue weighted by Crippen LogP contribution is 2.29. The van der Waals surface area contributed by atoms with Crippen LogP contribution >= 0.6 is 0 Å². The summed E-state index contributed by atoms with van der Waals surface area (Å²) in [7, 11) is 0. The summed E-state index contributed by atoms with van der Waals surface area (Å²) in [5.41, 5.74) is 0.704. The third-order valence-electron chi connectivity index (χ3n) is 4.21. The Morgan fingerprint density at radius 1 is 1.19 bits per heavy atom. The number of aromatic nitrogens is 5. The molecule has 134 valence electrons. The second-order valence-electron chi connectivity index (χ2n) is 6.01. The van der Waals surface area contributed by atoms with Gasteiger partial charge in [-0.1, -0.05) is 0 Å². The van der Waals surface area contributed by atoms with Gasteiger partial charge in [0.05, 0.1) is 6.20 Å². The Hall–Kier alpha value is -3.17. The Bertz CT molecular complexity index is 934. The summed E-state index contributed by atoms with van der Waals surface area (Å²) in [5.74, 6) is -2.23. The molecular formula is C16H15F2N7O. The van der Waals surface area contributed by atoms with Gasteiger partial charge in [-0.25, -0.2) is 18.3 Å². The van der Waals surface area contributed by atoms with Gasteiger partial charge in [0.2, 0.25) is 0 Å². The molecule has 26 heavy (non-hydrogen) atoms. The predicted octanol–water partition coefficient (Wildman–Crippen LogP) is 2.01. The molecule has 1 aliphatic heterocycles. The molecule has 0 bridgehead atoms. The second-order valence-corrected chi connectivity index (χ2v) is 6.01. The summed E-state index contributed by atoms with van der Waals surface area (Å²) >= 11 is 0. The lowest BCUT2D eigenvalue weighted by Gasteiger charge is -2.32. The quantitative estimate of drug-likeness (QED) is 0.770. The lowest BCUT2D eigenvalue weighted by Crippen LogP contribution is -2.40. The van der Waals surface area contributed by atoms with Gasteiger partial charge in [0.15, 0.2) is 17.2 Å². The zero-order valence-corrected chi connectivity index (χ0v) is 13.6. The Morgan fingerprint density at radius 3 is 2.73 bits per heavy atom. The molecule has 0 aliphatic carbocycles. The summed E-state index contributed by atoms with van der Waals surface area (Å²) in [5, 5.41) is 14.5. The molecule has 0 atom stereocenters. The van der Waals surface area contributed by atoms with Gasteiger partial charge in [-0.05, 0) is 24.3 Å². The molecule has 0 unspecified atom stereocenters. The minimum atomic E-state index is -2.63. The maximum absolute atomic E-state index is 13.3. The van der Waals surface area contributed by atoms with E-state index in [1.54, 1.807) is 29.2 Å². The molecule has 0 radical (unpaired) electrons. The zero-order chi connectivity index (χ0) is 18.1. The number of halogens is 2. The Morgan fingerprint density at radius 2 is 2.00 bits per heavy atom. The minimum Gasteiger partial charge on any atom is -0.355 e. The van der Waals surface area contributed by atoms with Crippen LogP contribution in [0.4, 0.5) is 20.4 Å². The molecule has 3 aromatic heterocycles. The molecule has 3 aromatic rings. The third-order valence-corrected chi connectivity index (χ3v) is 4.21. The molecule has 10 heteroatoms. The lowest BCUT2D eigenvalue weighted by molar-refractivity contribution is -0.0221. The molecule has 1 amide bonds. The maximum atomic E-state index is 13.3. The average Bonchev–Trinajstić information content (AvgIpc) is 3.06. The van der Waals surface area contributed by atoms with Gasteiger partial charge in [0.25, 0.3) is 11.8 Å². The Labute approximate surface area is 146 Å². The van der Waals surface area contributed by atoms with E-state index in [1.807, 2.05) is 0 Å². The normalized spacial score (nSPS) is 16.6. The Balaban J connectivity index is 1.60. The van der Waals surface area contributed by atoms with E-state index >= 15 is 0 Å². The molecule has 1 saturated heterocycles. The van der Waals surface area contributed by atoms with E-state index in [1.165, 1.54) is 16.9 Å². The van der Waals surface area contributed by atoms with Crippen LogP contribution in [0.15, 0.2) is 36.7 Å². The summed E-state index contributed by atoms with van der Waals surface area (Å²) in [6, 6.07) is 6.69. The number of nitrogens with zero attached hydrogens (tertiary/aromatic N) is 6. The van der Waals surface area contributed by atoms with Crippen LogP contribution in [0.3, 0.4) is 0 Å². The van der Waals surface area contributed by atoms with Gasteiger partial charge in [0.1, 0.15) is 5.82 Å². The molecule has 1 N–H and O–H groups in total. The van der Waals surface area contributed by atoms with Gasteiger partial charge < -0.3 is 10.2 Å². The van der Waals surface area contributed by atoms with Crippen LogP contribution in [0.1, 0.15) is 23.3 Å². The first-order valence-corrected chi connectivity index (χ1v) is 8.08. The smallest absolute Gasteiger partial charge is 0.277 e. The highest BCUT2D eigenvalue weighted by molar-refractivity contribution is 6.02. The highest BCUT2D eigenvalue weighted by Gasteiger charge is 2.34. The van der Waals surface area contributed by atoms with Crippen LogP contribution in [0.25, 0.3) is 5.65 Å². The van der Waals surface area contributed by atoms with Crippen LogP contribution in [0, 0.1) is 0 Å². The summed E-state index contributed by atoms with van der Waals surface area (Å²) in [6.07, 6.45) is 2.48. The number of fused-ring (bicyclic) bond motifs is 1. The summed E-state index contributed by atoms with van der Waals surface area (Å²) < 4.78 is 28.1. The standard InChI is InChI=1S/C16H15F2N7O/c17-16(18)5-8-24(9-6-16)14-4-3-13-19-10-11(25(13)23-14)15(26)21-12-2-1-7-20-22-12/h1-4,7,10H,5-6,8-9H2,(H,21,22,26). The fourth-order valence-corrected chi connectivity index (χ4v) is 2.80. The third kappa shape index (κ3) is 3.17. The average molecular weight is 359 g/mol. The molecule has 8 nitrogen and oxygen atoms in total. The van der Waals surface area contributed by atoms with Crippen molar-refractivity contribution in [2.24, 2.45) is 0 Å². The number of carbonyl (C=O) groups is 1. The van der Waals surface area contributed by atoms with Crippen molar-refractivity contribution in [3.63, 3.8) is 0 Å². The molecule has 0 saturated carbocycles. The fraction of sp³-hybridized carbons (Fsp3) is 0.312. The van der Waals surface area contributed by atoms with Gasteiger partial charge in [-0.15, -0.1) is 10.2 Å². The van der Waals surface area contributed by atoms with E-state index in [4.69, 9.17) is 0 Å². The first kappa shape index (κ1) is 16.3. The summed E-state index contributed by atoms with van der Waals surface area (Å²) in [4.78, 5) is 18.4. The van der Waals surface area contributed by atoms with Crippen molar-refractivity contribution in [2.45, 2.75) is 18.8 Å². The van der Waals surface area contributed by atoms with Crippen molar-refractivity contribution in [3.8, 4) is 0 Å². The number of rotatable bonds is 3. The number of hydrogen-bond donors (Lipinski definition) is 1. The van der Waals surface area contributed by atoms with E-state index in [-0.39, 0.29) is 31.6 Å². The summed E-state index contributed by atoms with van der Waals surface area (Å²) in [6.45, 7) is 0.419. The van der Waals surface area contributed by atoms with E-state index in [2.05, 4.69) is 25.6 Å². The Kier molecular flexibility index (Phi) is 3.94. The molecular weight excluding hydrogens is 344 g/mol.